The molecule has 0 fully saturated rings. The molecule has 74 valence electrons. The van der Waals surface area contributed by atoms with Gasteiger partial charge in [-0.2, -0.15) is 4.98 Å². The van der Waals surface area contributed by atoms with Gasteiger partial charge in [0.2, 0.25) is 5.89 Å². The van der Waals surface area contributed by atoms with Crippen LogP contribution >= 0.6 is 0 Å². The van der Waals surface area contributed by atoms with Crippen LogP contribution in [-0.4, -0.2) is 10.1 Å². The minimum absolute atomic E-state index is 0.588. The highest BCUT2D eigenvalue weighted by molar-refractivity contribution is 5.04. The molecule has 2 rings (SSSR count). The molecule has 0 unspecified atom stereocenters. The molecule has 0 amide bonds. The van der Waals surface area contributed by atoms with E-state index in [1.165, 1.54) is 0 Å². The fraction of sp³-hybridized carbons (Fsp3) is 0.333. The molecule has 5 nitrogen and oxygen atoms in total. The van der Waals surface area contributed by atoms with Gasteiger partial charge in [-0.3, -0.25) is 0 Å². The van der Waals surface area contributed by atoms with Crippen LogP contribution in [0.15, 0.2) is 27.5 Å². The molecular formula is C9H11N3O2. The summed E-state index contributed by atoms with van der Waals surface area (Å²) in [6, 6.07) is 1.91. The normalized spacial score (nSPS) is 10.6. The molecule has 1 N–H and O–H groups in total. The standard InChI is InChI=1S/C9H11N3O2/c1-7-11-9(12-14-7)5-10-4-8-2-3-13-6-8/h2-3,6,10H,4-5H2,1H3. The molecule has 2 aromatic rings. The summed E-state index contributed by atoms with van der Waals surface area (Å²) in [6.45, 7) is 3.11. The second-order valence-corrected chi connectivity index (χ2v) is 2.96. The van der Waals surface area contributed by atoms with Crippen LogP contribution in [0.25, 0.3) is 0 Å². The van der Waals surface area contributed by atoms with Gasteiger partial charge in [0.05, 0.1) is 19.1 Å². The second-order valence-electron chi connectivity index (χ2n) is 2.96. The molecule has 0 bridgehead atoms. The maximum absolute atomic E-state index is 4.93. The third-order valence-corrected chi connectivity index (χ3v) is 1.76. The number of nitrogens with zero attached hydrogens (tertiary/aromatic N) is 2. The Labute approximate surface area is 81.1 Å². The van der Waals surface area contributed by atoms with Crippen molar-refractivity contribution >= 4 is 0 Å². The van der Waals surface area contributed by atoms with Crippen molar-refractivity contribution in [3.63, 3.8) is 0 Å². The summed E-state index contributed by atoms with van der Waals surface area (Å²) < 4.78 is 9.76. The number of aryl methyl sites for hydroxylation is 1. The fourth-order valence-corrected chi connectivity index (χ4v) is 1.12. The van der Waals surface area contributed by atoms with Gasteiger partial charge < -0.3 is 14.3 Å². The van der Waals surface area contributed by atoms with Crippen LogP contribution in [0.5, 0.6) is 0 Å². The van der Waals surface area contributed by atoms with E-state index >= 15 is 0 Å². The lowest BCUT2D eigenvalue weighted by molar-refractivity contribution is 0.385. The average molecular weight is 193 g/mol. The van der Waals surface area contributed by atoms with Crippen molar-refractivity contribution in [2.45, 2.75) is 20.0 Å². The van der Waals surface area contributed by atoms with E-state index in [1.54, 1.807) is 19.5 Å². The highest BCUT2D eigenvalue weighted by atomic mass is 16.5. The van der Waals surface area contributed by atoms with Crippen molar-refractivity contribution in [2.75, 3.05) is 0 Å². The Bertz CT molecular complexity index is 380. The van der Waals surface area contributed by atoms with Gasteiger partial charge in [0.15, 0.2) is 5.82 Å². The van der Waals surface area contributed by atoms with Crippen molar-refractivity contribution in [1.29, 1.82) is 0 Å². The summed E-state index contributed by atoms with van der Waals surface area (Å²) in [4.78, 5) is 4.07. The van der Waals surface area contributed by atoms with Crippen molar-refractivity contribution < 1.29 is 8.94 Å². The lowest BCUT2D eigenvalue weighted by Gasteiger charge is -1.96. The molecular weight excluding hydrogens is 182 g/mol. The summed E-state index contributed by atoms with van der Waals surface area (Å²) in [5, 5.41) is 6.93. The van der Waals surface area contributed by atoms with Gasteiger partial charge in [-0.15, -0.1) is 0 Å². The molecule has 0 aliphatic rings. The highest BCUT2D eigenvalue weighted by Gasteiger charge is 2.01. The molecule has 0 spiro atoms. The zero-order chi connectivity index (χ0) is 9.80. The van der Waals surface area contributed by atoms with Crippen molar-refractivity contribution in [2.24, 2.45) is 0 Å². The SMILES string of the molecule is Cc1nc(CNCc2ccoc2)no1. The fourth-order valence-electron chi connectivity index (χ4n) is 1.12. The van der Waals surface area contributed by atoms with Gasteiger partial charge in [-0.1, -0.05) is 5.16 Å². The summed E-state index contributed by atoms with van der Waals surface area (Å²) >= 11 is 0. The molecule has 5 heteroatoms. The molecule has 0 aromatic carbocycles. The van der Waals surface area contributed by atoms with Crippen molar-refractivity contribution in [1.82, 2.24) is 15.5 Å². The Morgan fingerprint density at radius 2 is 2.36 bits per heavy atom. The molecule has 0 aliphatic carbocycles. The Morgan fingerprint density at radius 1 is 1.43 bits per heavy atom. The Morgan fingerprint density at radius 3 is 3.00 bits per heavy atom. The number of aromatic nitrogens is 2. The van der Waals surface area contributed by atoms with Crippen LogP contribution < -0.4 is 5.32 Å². The lowest BCUT2D eigenvalue weighted by atomic mass is 10.3. The summed E-state index contributed by atoms with van der Waals surface area (Å²) in [5.74, 6) is 1.26. The predicted molar refractivity (Wildman–Crippen MR) is 48.3 cm³/mol. The van der Waals surface area contributed by atoms with E-state index in [-0.39, 0.29) is 0 Å². The third kappa shape index (κ3) is 2.20. The molecule has 0 saturated heterocycles. The maximum atomic E-state index is 4.93. The highest BCUT2D eigenvalue weighted by Crippen LogP contribution is 1.99. The van der Waals surface area contributed by atoms with Crippen LogP contribution in [0, 0.1) is 6.92 Å². The Balaban J connectivity index is 1.78. The molecule has 2 aromatic heterocycles. The summed E-state index contributed by atoms with van der Waals surface area (Å²) in [7, 11) is 0. The Kier molecular flexibility index (Phi) is 2.60. The number of furan rings is 1. The van der Waals surface area contributed by atoms with Gasteiger partial charge in [0, 0.05) is 19.0 Å². The zero-order valence-corrected chi connectivity index (χ0v) is 7.86. The number of nitrogens with one attached hydrogen (secondary N) is 1. The average Bonchev–Trinajstić information content (AvgIpc) is 2.77. The van der Waals surface area contributed by atoms with Crippen LogP contribution in [0.4, 0.5) is 0 Å². The number of hydrogen-bond donors (Lipinski definition) is 1. The molecule has 0 aliphatic heterocycles. The first-order valence-electron chi connectivity index (χ1n) is 4.35. The third-order valence-electron chi connectivity index (χ3n) is 1.76. The minimum atomic E-state index is 0.588. The maximum Gasteiger partial charge on any atom is 0.223 e. The summed E-state index contributed by atoms with van der Waals surface area (Å²) in [6.07, 6.45) is 3.35. The van der Waals surface area contributed by atoms with Crippen LogP contribution in [0.2, 0.25) is 0 Å². The van der Waals surface area contributed by atoms with E-state index in [0.717, 1.165) is 12.1 Å². The molecule has 2 heterocycles. The summed E-state index contributed by atoms with van der Waals surface area (Å²) in [5.41, 5.74) is 1.10. The van der Waals surface area contributed by atoms with Gasteiger partial charge in [-0.25, -0.2) is 0 Å². The van der Waals surface area contributed by atoms with Crippen LogP contribution in [0.1, 0.15) is 17.3 Å². The van der Waals surface area contributed by atoms with E-state index in [4.69, 9.17) is 8.94 Å². The zero-order valence-electron chi connectivity index (χ0n) is 7.86. The topological polar surface area (TPSA) is 64.1 Å². The Hall–Kier alpha value is -1.62. The molecule has 0 radical (unpaired) electrons. The molecule has 0 atom stereocenters. The second kappa shape index (κ2) is 4.06. The largest absolute Gasteiger partial charge is 0.472 e. The minimum Gasteiger partial charge on any atom is -0.472 e. The van der Waals surface area contributed by atoms with E-state index in [9.17, 15) is 0 Å². The van der Waals surface area contributed by atoms with E-state index in [0.29, 0.717) is 18.3 Å². The van der Waals surface area contributed by atoms with Crippen molar-refractivity contribution in [3.05, 3.63) is 35.9 Å². The van der Waals surface area contributed by atoms with Gasteiger partial charge >= 0.3 is 0 Å². The van der Waals surface area contributed by atoms with E-state index < -0.39 is 0 Å². The number of hydrogen-bond acceptors (Lipinski definition) is 5. The van der Waals surface area contributed by atoms with Crippen LogP contribution in [0.3, 0.4) is 0 Å². The predicted octanol–water partition coefficient (Wildman–Crippen LogP) is 1.26. The van der Waals surface area contributed by atoms with E-state index in [1.807, 2.05) is 6.07 Å². The van der Waals surface area contributed by atoms with Crippen LogP contribution in [-0.2, 0) is 13.1 Å². The van der Waals surface area contributed by atoms with Crippen molar-refractivity contribution in [3.8, 4) is 0 Å². The monoisotopic (exact) mass is 193 g/mol. The number of rotatable bonds is 4. The first kappa shape index (κ1) is 8.96. The lowest BCUT2D eigenvalue weighted by Crippen LogP contribution is -2.13. The smallest absolute Gasteiger partial charge is 0.223 e. The van der Waals surface area contributed by atoms with Gasteiger partial charge in [0.1, 0.15) is 0 Å². The molecule has 14 heavy (non-hydrogen) atoms. The first-order valence-corrected chi connectivity index (χ1v) is 4.35. The first-order chi connectivity index (χ1) is 6.84. The van der Waals surface area contributed by atoms with E-state index in [2.05, 4.69) is 15.5 Å². The molecule has 0 saturated carbocycles. The van der Waals surface area contributed by atoms with Gasteiger partial charge in [0.25, 0.3) is 0 Å². The van der Waals surface area contributed by atoms with Gasteiger partial charge in [-0.05, 0) is 6.07 Å². The quantitative estimate of drug-likeness (QED) is 0.791.